The van der Waals surface area contributed by atoms with Gasteiger partial charge < -0.3 is 0 Å². The largest absolute Gasteiger partial charge is 0.237 e. The summed E-state index contributed by atoms with van der Waals surface area (Å²) in [6.07, 6.45) is 5.54. The van der Waals surface area contributed by atoms with E-state index in [4.69, 9.17) is 0 Å². The Kier molecular flexibility index (Phi) is 3.88. The Balaban J connectivity index is 2.17. The van der Waals surface area contributed by atoms with Crippen molar-refractivity contribution in [3.63, 3.8) is 0 Å². The predicted molar refractivity (Wildman–Crippen MR) is 69.3 cm³/mol. The summed E-state index contributed by atoms with van der Waals surface area (Å²) in [5.74, 6) is 7.01. The SMILES string of the molecule is CCCC#Cc1ccc(-c2ncccn2)cc1. The van der Waals surface area contributed by atoms with E-state index < -0.39 is 0 Å². The van der Waals surface area contributed by atoms with E-state index in [9.17, 15) is 0 Å². The van der Waals surface area contributed by atoms with Gasteiger partial charge >= 0.3 is 0 Å². The maximum absolute atomic E-state index is 4.21. The van der Waals surface area contributed by atoms with Crippen molar-refractivity contribution in [3.8, 4) is 23.2 Å². The number of hydrogen-bond donors (Lipinski definition) is 0. The monoisotopic (exact) mass is 222 g/mol. The van der Waals surface area contributed by atoms with Crippen LogP contribution >= 0.6 is 0 Å². The fourth-order valence-corrected chi connectivity index (χ4v) is 1.44. The molecule has 1 heterocycles. The van der Waals surface area contributed by atoms with Crippen LogP contribution in [0.15, 0.2) is 42.7 Å². The van der Waals surface area contributed by atoms with Crippen LogP contribution in [0.25, 0.3) is 11.4 Å². The first-order chi connectivity index (χ1) is 8.40. The van der Waals surface area contributed by atoms with Gasteiger partial charge in [-0.3, -0.25) is 0 Å². The molecule has 0 spiro atoms. The summed E-state index contributed by atoms with van der Waals surface area (Å²) < 4.78 is 0. The molecule has 0 radical (unpaired) electrons. The molecule has 2 aromatic rings. The lowest BCUT2D eigenvalue weighted by Gasteiger charge is -1.98. The molecule has 0 unspecified atom stereocenters. The molecule has 84 valence electrons. The molecule has 0 aliphatic carbocycles. The van der Waals surface area contributed by atoms with Crippen LogP contribution in [0.2, 0.25) is 0 Å². The van der Waals surface area contributed by atoms with E-state index in [1.54, 1.807) is 12.4 Å². The Morgan fingerprint density at radius 1 is 1.06 bits per heavy atom. The molecule has 17 heavy (non-hydrogen) atoms. The van der Waals surface area contributed by atoms with Crippen molar-refractivity contribution in [2.24, 2.45) is 0 Å². The Hall–Kier alpha value is -2.14. The average Bonchev–Trinajstić information content (AvgIpc) is 2.41. The van der Waals surface area contributed by atoms with Gasteiger partial charge in [0.05, 0.1) is 0 Å². The number of unbranched alkanes of at least 4 members (excludes halogenated alkanes) is 1. The molecule has 2 rings (SSSR count). The first kappa shape index (κ1) is 11.3. The van der Waals surface area contributed by atoms with E-state index in [2.05, 4.69) is 28.7 Å². The third-order valence-electron chi connectivity index (χ3n) is 2.32. The highest BCUT2D eigenvalue weighted by atomic mass is 14.8. The van der Waals surface area contributed by atoms with Gasteiger partial charge in [-0.25, -0.2) is 9.97 Å². The standard InChI is InChI=1S/C15H14N2/c1-2-3-4-6-13-7-9-14(10-8-13)15-16-11-5-12-17-15/h5,7-12H,2-3H2,1H3. The second-order valence-electron chi connectivity index (χ2n) is 3.70. The third-order valence-corrected chi connectivity index (χ3v) is 2.32. The molecular weight excluding hydrogens is 208 g/mol. The molecule has 0 saturated heterocycles. The third kappa shape index (κ3) is 3.15. The van der Waals surface area contributed by atoms with Crippen LogP contribution in [0.1, 0.15) is 25.3 Å². The number of benzene rings is 1. The molecule has 2 heteroatoms. The first-order valence-electron chi connectivity index (χ1n) is 5.76. The van der Waals surface area contributed by atoms with E-state index in [0.29, 0.717) is 0 Å². The molecular formula is C15H14N2. The fraction of sp³-hybridized carbons (Fsp3) is 0.200. The predicted octanol–water partition coefficient (Wildman–Crippen LogP) is 3.30. The van der Waals surface area contributed by atoms with Gasteiger partial charge in [0.1, 0.15) is 0 Å². The molecule has 1 aromatic heterocycles. The highest BCUT2D eigenvalue weighted by Gasteiger charge is 1.98. The van der Waals surface area contributed by atoms with Crippen molar-refractivity contribution in [3.05, 3.63) is 48.3 Å². The van der Waals surface area contributed by atoms with Gasteiger partial charge in [0.15, 0.2) is 5.82 Å². The van der Waals surface area contributed by atoms with Crippen molar-refractivity contribution >= 4 is 0 Å². The smallest absolute Gasteiger partial charge is 0.159 e. The second kappa shape index (κ2) is 5.81. The normalized spacial score (nSPS) is 9.47. The number of aromatic nitrogens is 2. The molecule has 0 fully saturated rings. The molecule has 0 bridgehead atoms. The zero-order valence-electron chi connectivity index (χ0n) is 9.85. The van der Waals surface area contributed by atoms with Gasteiger partial charge in [0, 0.05) is 29.9 Å². The topological polar surface area (TPSA) is 25.8 Å². The van der Waals surface area contributed by atoms with Crippen molar-refractivity contribution in [2.45, 2.75) is 19.8 Å². The highest BCUT2D eigenvalue weighted by Crippen LogP contribution is 2.13. The summed E-state index contributed by atoms with van der Waals surface area (Å²) in [5.41, 5.74) is 2.06. The van der Waals surface area contributed by atoms with E-state index in [0.717, 1.165) is 29.8 Å². The fourth-order valence-electron chi connectivity index (χ4n) is 1.44. The highest BCUT2D eigenvalue weighted by molar-refractivity contribution is 5.56. The summed E-state index contributed by atoms with van der Waals surface area (Å²) in [6.45, 7) is 2.13. The first-order valence-corrected chi connectivity index (χ1v) is 5.76. The van der Waals surface area contributed by atoms with Crippen LogP contribution in [0, 0.1) is 11.8 Å². The van der Waals surface area contributed by atoms with Crippen LogP contribution in [0.4, 0.5) is 0 Å². The minimum absolute atomic E-state index is 0.751. The van der Waals surface area contributed by atoms with Crippen molar-refractivity contribution in [1.29, 1.82) is 0 Å². The lowest BCUT2D eigenvalue weighted by Crippen LogP contribution is -1.86. The maximum atomic E-state index is 4.21. The van der Waals surface area contributed by atoms with Crippen LogP contribution in [0.5, 0.6) is 0 Å². The molecule has 0 aliphatic rings. The Bertz CT molecular complexity index is 518. The lowest BCUT2D eigenvalue weighted by molar-refractivity contribution is 0.983. The van der Waals surface area contributed by atoms with E-state index in [1.807, 2.05) is 30.3 Å². The molecule has 0 aliphatic heterocycles. The quantitative estimate of drug-likeness (QED) is 0.729. The van der Waals surface area contributed by atoms with Gasteiger partial charge in [0.2, 0.25) is 0 Å². The van der Waals surface area contributed by atoms with Crippen molar-refractivity contribution in [1.82, 2.24) is 9.97 Å². The number of nitrogens with zero attached hydrogens (tertiary/aromatic N) is 2. The van der Waals surface area contributed by atoms with E-state index in [1.165, 1.54) is 0 Å². The Labute approximate surface area is 102 Å². The van der Waals surface area contributed by atoms with Gasteiger partial charge in [-0.1, -0.05) is 18.8 Å². The average molecular weight is 222 g/mol. The zero-order valence-corrected chi connectivity index (χ0v) is 9.85. The number of hydrogen-bond acceptors (Lipinski definition) is 2. The minimum Gasteiger partial charge on any atom is -0.237 e. The molecule has 0 N–H and O–H groups in total. The van der Waals surface area contributed by atoms with Crippen molar-refractivity contribution in [2.75, 3.05) is 0 Å². The Morgan fingerprint density at radius 2 is 1.76 bits per heavy atom. The van der Waals surface area contributed by atoms with Crippen LogP contribution in [-0.2, 0) is 0 Å². The summed E-state index contributed by atoms with van der Waals surface area (Å²) in [6, 6.07) is 9.84. The molecule has 0 atom stereocenters. The molecule has 1 aromatic carbocycles. The molecule has 0 amide bonds. The summed E-state index contributed by atoms with van der Waals surface area (Å²) >= 11 is 0. The van der Waals surface area contributed by atoms with Crippen LogP contribution in [0.3, 0.4) is 0 Å². The second-order valence-corrected chi connectivity index (χ2v) is 3.70. The summed E-state index contributed by atoms with van der Waals surface area (Å²) in [4.78, 5) is 8.41. The van der Waals surface area contributed by atoms with Gasteiger partial charge in [0.25, 0.3) is 0 Å². The van der Waals surface area contributed by atoms with Gasteiger partial charge in [-0.15, -0.1) is 0 Å². The van der Waals surface area contributed by atoms with E-state index in [-0.39, 0.29) is 0 Å². The maximum Gasteiger partial charge on any atom is 0.159 e. The van der Waals surface area contributed by atoms with Crippen LogP contribution in [-0.4, -0.2) is 9.97 Å². The van der Waals surface area contributed by atoms with E-state index >= 15 is 0 Å². The van der Waals surface area contributed by atoms with Crippen LogP contribution < -0.4 is 0 Å². The number of rotatable bonds is 2. The summed E-state index contributed by atoms with van der Waals surface area (Å²) in [7, 11) is 0. The molecule has 0 saturated carbocycles. The molecule has 2 nitrogen and oxygen atoms in total. The minimum atomic E-state index is 0.751. The van der Waals surface area contributed by atoms with Crippen molar-refractivity contribution < 1.29 is 0 Å². The Morgan fingerprint density at radius 3 is 2.41 bits per heavy atom. The van der Waals surface area contributed by atoms with Gasteiger partial charge in [-0.2, -0.15) is 0 Å². The van der Waals surface area contributed by atoms with Gasteiger partial charge in [-0.05, 0) is 36.8 Å². The summed E-state index contributed by atoms with van der Waals surface area (Å²) in [5, 5.41) is 0. The zero-order chi connectivity index (χ0) is 11.9. The lowest BCUT2D eigenvalue weighted by atomic mass is 10.1.